The minimum atomic E-state index is -2.69. The average Bonchev–Trinajstić information content (AvgIpc) is 2.48. The van der Waals surface area contributed by atoms with Crippen molar-refractivity contribution < 1.29 is 18.3 Å². The van der Waals surface area contributed by atoms with E-state index in [-0.39, 0.29) is 13.0 Å². The summed E-state index contributed by atoms with van der Waals surface area (Å²) in [4.78, 5) is 11.4. The van der Waals surface area contributed by atoms with Gasteiger partial charge in [-0.3, -0.25) is 4.79 Å². The summed E-state index contributed by atoms with van der Waals surface area (Å²) in [6.07, 6.45) is 0.181. The van der Waals surface area contributed by atoms with Gasteiger partial charge in [0.1, 0.15) is 6.04 Å². The third kappa shape index (κ3) is 1.15. The molecular formula is C9H13F2NO2. The molecule has 0 bridgehead atoms. The molecule has 1 heterocycles. The molecule has 1 spiro atoms. The van der Waals surface area contributed by atoms with Crippen LogP contribution in [0.2, 0.25) is 0 Å². The van der Waals surface area contributed by atoms with Crippen LogP contribution in [-0.2, 0) is 9.53 Å². The van der Waals surface area contributed by atoms with Crippen molar-refractivity contribution in [2.45, 2.75) is 31.7 Å². The van der Waals surface area contributed by atoms with Crippen LogP contribution in [-0.4, -0.2) is 31.1 Å². The third-order valence-electron chi connectivity index (χ3n) is 3.14. The maximum atomic E-state index is 13.1. The number of hydrogen-bond acceptors (Lipinski definition) is 3. The van der Waals surface area contributed by atoms with Crippen LogP contribution < -0.4 is 5.32 Å². The van der Waals surface area contributed by atoms with Gasteiger partial charge in [-0.25, -0.2) is 8.78 Å². The lowest BCUT2D eigenvalue weighted by atomic mass is 9.97. The molecule has 2 fully saturated rings. The normalized spacial score (nSPS) is 38.6. The van der Waals surface area contributed by atoms with Crippen molar-refractivity contribution in [1.29, 1.82) is 0 Å². The van der Waals surface area contributed by atoms with Crippen molar-refractivity contribution >= 4 is 5.97 Å². The molecule has 14 heavy (non-hydrogen) atoms. The van der Waals surface area contributed by atoms with E-state index < -0.39 is 23.3 Å². The number of ether oxygens (including phenoxy) is 1. The van der Waals surface area contributed by atoms with Crippen molar-refractivity contribution in [1.82, 2.24) is 5.32 Å². The Morgan fingerprint density at radius 1 is 1.64 bits per heavy atom. The van der Waals surface area contributed by atoms with Gasteiger partial charge >= 0.3 is 5.97 Å². The molecule has 0 aromatic carbocycles. The first kappa shape index (κ1) is 9.83. The first-order valence-electron chi connectivity index (χ1n) is 4.81. The molecule has 1 saturated heterocycles. The fourth-order valence-electron chi connectivity index (χ4n) is 2.25. The summed E-state index contributed by atoms with van der Waals surface area (Å²) >= 11 is 0. The number of carbonyl (C=O) groups is 1. The van der Waals surface area contributed by atoms with Gasteiger partial charge in [-0.05, 0) is 19.9 Å². The van der Waals surface area contributed by atoms with Gasteiger partial charge in [0, 0.05) is 6.42 Å². The van der Waals surface area contributed by atoms with E-state index in [9.17, 15) is 13.6 Å². The fourth-order valence-corrected chi connectivity index (χ4v) is 2.25. The number of hydrogen-bond donors (Lipinski definition) is 1. The Hall–Kier alpha value is -0.710. The van der Waals surface area contributed by atoms with Gasteiger partial charge in [-0.15, -0.1) is 0 Å². The molecule has 1 aliphatic carbocycles. The summed E-state index contributed by atoms with van der Waals surface area (Å²) in [6, 6.07) is -0.808. The summed E-state index contributed by atoms with van der Waals surface area (Å²) in [6.45, 7) is 2.38. The number of carbonyl (C=O) groups excluding carboxylic acids is 1. The minimum absolute atomic E-state index is 0.184. The predicted molar refractivity (Wildman–Crippen MR) is 45.0 cm³/mol. The monoisotopic (exact) mass is 205 g/mol. The lowest BCUT2D eigenvalue weighted by molar-refractivity contribution is -0.148. The van der Waals surface area contributed by atoms with Crippen molar-refractivity contribution in [3.63, 3.8) is 0 Å². The third-order valence-corrected chi connectivity index (χ3v) is 3.14. The van der Waals surface area contributed by atoms with Gasteiger partial charge in [0.05, 0.1) is 12.0 Å². The molecule has 1 N–H and O–H groups in total. The van der Waals surface area contributed by atoms with Crippen LogP contribution in [0.4, 0.5) is 8.78 Å². The van der Waals surface area contributed by atoms with Crippen LogP contribution in [0.5, 0.6) is 0 Å². The Balaban J connectivity index is 2.10. The largest absolute Gasteiger partial charge is 0.465 e. The van der Waals surface area contributed by atoms with Crippen LogP contribution in [0.25, 0.3) is 0 Å². The predicted octanol–water partition coefficient (Wildman–Crippen LogP) is 0.937. The highest BCUT2D eigenvalue weighted by Gasteiger charge is 2.77. The van der Waals surface area contributed by atoms with Crippen LogP contribution in [0, 0.1) is 5.41 Å². The zero-order valence-corrected chi connectivity index (χ0v) is 7.98. The number of esters is 1. The number of nitrogens with one attached hydrogen (secondary N) is 1. The number of rotatable bonds is 2. The second kappa shape index (κ2) is 2.89. The Labute approximate surface area is 80.8 Å². The number of alkyl halides is 2. The zero-order valence-electron chi connectivity index (χ0n) is 7.98. The van der Waals surface area contributed by atoms with Crippen LogP contribution >= 0.6 is 0 Å². The maximum absolute atomic E-state index is 13.1. The summed E-state index contributed by atoms with van der Waals surface area (Å²) in [5, 5.41) is 2.80. The fraction of sp³-hybridized carbons (Fsp3) is 0.889. The van der Waals surface area contributed by atoms with Crippen LogP contribution in [0.1, 0.15) is 19.8 Å². The Morgan fingerprint density at radius 3 is 2.79 bits per heavy atom. The molecule has 0 radical (unpaired) electrons. The Morgan fingerprint density at radius 2 is 2.29 bits per heavy atom. The molecule has 5 heteroatoms. The van der Waals surface area contributed by atoms with Gasteiger partial charge in [0.2, 0.25) is 0 Å². The second-order valence-electron chi connectivity index (χ2n) is 3.93. The summed E-state index contributed by atoms with van der Waals surface area (Å²) < 4.78 is 31.0. The van der Waals surface area contributed by atoms with E-state index in [0.717, 1.165) is 0 Å². The molecular weight excluding hydrogens is 192 g/mol. The number of halogens is 2. The van der Waals surface area contributed by atoms with E-state index in [2.05, 4.69) is 5.32 Å². The molecule has 1 saturated carbocycles. The first-order chi connectivity index (χ1) is 6.53. The van der Waals surface area contributed by atoms with Crippen molar-refractivity contribution in [3.05, 3.63) is 0 Å². The van der Waals surface area contributed by atoms with E-state index in [4.69, 9.17) is 4.74 Å². The molecule has 0 aromatic heterocycles. The van der Waals surface area contributed by atoms with Crippen molar-refractivity contribution in [3.8, 4) is 0 Å². The molecule has 3 nitrogen and oxygen atoms in total. The second-order valence-corrected chi connectivity index (χ2v) is 3.93. The maximum Gasteiger partial charge on any atom is 0.323 e. The van der Waals surface area contributed by atoms with Gasteiger partial charge < -0.3 is 10.1 Å². The van der Waals surface area contributed by atoms with Gasteiger partial charge in [-0.2, -0.15) is 0 Å². The van der Waals surface area contributed by atoms with Gasteiger partial charge in [0.25, 0.3) is 5.92 Å². The van der Waals surface area contributed by atoms with Crippen LogP contribution in [0.3, 0.4) is 0 Å². The van der Waals surface area contributed by atoms with Gasteiger partial charge in [-0.1, -0.05) is 0 Å². The summed E-state index contributed by atoms with van der Waals surface area (Å²) in [5.74, 6) is -3.23. The zero-order chi connectivity index (χ0) is 10.4. The molecule has 2 aliphatic rings. The molecule has 80 valence electrons. The van der Waals surface area contributed by atoms with Crippen LogP contribution in [0.15, 0.2) is 0 Å². The SMILES string of the molecule is CCOC(=O)C1NCCC12CC2(F)F. The molecule has 0 amide bonds. The molecule has 0 aromatic rings. The van der Waals surface area contributed by atoms with E-state index in [0.29, 0.717) is 13.0 Å². The summed E-state index contributed by atoms with van der Waals surface area (Å²) in [7, 11) is 0. The van der Waals surface area contributed by atoms with E-state index >= 15 is 0 Å². The van der Waals surface area contributed by atoms with Crippen molar-refractivity contribution in [2.75, 3.05) is 13.2 Å². The minimum Gasteiger partial charge on any atom is -0.465 e. The van der Waals surface area contributed by atoms with E-state index in [1.54, 1.807) is 6.92 Å². The molecule has 2 unspecified atom stereocenters. The average molecular weight is 205 g/mol. The smallest absolute Gasteiger partial charge is 0.323 e. The molecule has 2 atom stereocenters. The quantitative estimate of drug-likeness (QED) is 0.682. The highest BCUT2D eigenvalue weighted by atomic mass is 19.3. The van der Waals surface area contributed by atoms with Crippen molar-refractivity contribution in [2.24, 2.45) is 5.41 Å². The lowest BCUT2D eigenvalue weighted by Gasteiger charge is -2.17. The standard InChI is InChI=1S/C9H13F2NO2/c1-2-14-7(13)6-8(3-4-12-6)5-9(8,10)11/h6,12H,2-5H2,1H3. The summed E-state index contributed by atoms with van der Waals surface area (Å²) in [5.41, 5.74) is -1.14. The Kier molecular flexibility index (Phi) is 2.03. The lowest BCUT2D eigenvalue weighted by Crippen LogP contribution is -2.40. The Bertz CT molecular complexity index is 266. The van der Waals surface area contributed by atoms with E-state index in [1.807, 2.05) is 0 Å². The first-order valence-corrected chi connectivity index (χ1v) is 4.81. The highest BCUT2D eigenvalue weighted by Crippen LogP contribution is 2.66. The van der Waals surface area contributed by atoms with Gasteiger partial charge in [0.15, 0.2) is 0 Å². The van der Waals surface area contributed by atoms with E-state index in [1.165, 1.54) is 0 Å². The molecule has 2 rings (SSSR count). The topological polar surface area (TPSA) is 38.3 Å². The highest BCUT2D eigenvalue weighted by molar-refractivity contribution is 5.78. The molecule has 1 aliphatic heterocycles.